The first-order valence-corrected chi connectivity index (χ1v) is 9.64. The predicted molar refractivity (Wildman–Crippen MR) is 104 cm³/mol. The molecule has 2 aromatic rings. The van der Waals surface area contributed by atoms with E-state index in [1.807, 2.05) is 31.2 Å². The molecular weight excluding hydrogens is 366 g/mol. The molecule has 6 nitrogen and oxygen atoms in total. The zero-order valence-electron chi connectivity index (χ0n) is 15.5. The molecule has 1 aliphatic heterocycles. The van der Waals surface area contributed by atoms with E-state index in [1.54, 1.807) is 13.3 Å². The van der Waals surface area contributed by atoms with Crippen LogP contribution in [-0.4, -0.2) is 47.5 Å². The first kappa shape index (κ1) is 18.3. The topological polar surface area (TPSA) is 67.7 Å². The number of hydrogen-bond donors (Lipinski definition) is 1. The third kappa shape index (κ3) is 3.69. The van der Waals surface area contributed by atoms with Crippen molar-refractivity contribution in [1.29, 1.82) is 0 Å². The number of fused-ring (bicyclic) bond motifs is 1. The molecule has 7 heteroatoms. The number of ether oxygens (including phenoxy) is 2. The van der Waals surface area contributed by atoms with Gasteiger partial charge in [0.15, 0.2) is 17.3 Å². The molecule has 144 valence electrons. The van der Waals surface area contributed by atoms with Gasteiger partial charge >= 0.3 is 0 Å². The van der Waals surface area contributed by atoms with Crippen LogP contribution in [0, 0.1) is 18.8 Å². The second-order valence-electron chi connectivity index (χ2n) is 7.36. The number of aromatic nitrogens is 2. The Morgan fingerprint density at radius 2 is 1.85 bits per heavy atom. The van der Waals surface area contributed by atoms with Crippen LogP contribution in [0.4, 0.5) is 5.82 Å². The Labute approximate surface area is 164 Å². The maximum Gasteiger partial charge on any atom is 0.161 e. The van der Waals surface area contributed by atoms with Crippen LogP contribution in [0.25, 0.3) is 0 Å². The van der Waals surface area contributed by atoms with Gasteiger partial charge in [0.25, 0.3) is 0 Å². The fraction of sp³-hybridized carbons (Fsp3) is 0.500. The minimum Gasteiger partial charge on any atom is -0.493 e. The SMILES string of the molecule is COc1ccccc1O[C@@H]1C[C@@H]2CN(c3nc(C)ncc3Cl)C[C@@H]2C[C@H]1O. The molecular formula is C20H24ClN3O3. The van der Waals surface area contributed by atoms with E-state index in [4.69, 9.17) is 21.1 Å². The van der Waals surface area contributed by atoms with Gasteiger partial charge in [0.05, 0.1) is 19.4 Å². The van der Waals surface area contributed by atoms with E-state index in [1.165, 1.54) is 0 Å². The number of nitrogens with zero attached hydrogens (tertiary/aromatic N) is 3. The fourth-order valence-electron chi connectivity index (χ4n) is 4.23. The van der Waals surface area contributed by atoms with Gasteiger partial charge in [-0.25, -0.2) is 9.97 Å². The fourth-order valence-corrected chi connectivity index (χ4v) is 4.44. The summed E-state index contributed by atoms with van der Waals surface area (Å²) in [6, 6.07) is 7.56. The summed E-state index contributed by atoms with van der Waals surface area (Å²) < 4.78 is 11.5. The molecule has 0 unspecified atom stereocenters. The number of methoxy groups -OCH3 is 1. The predicted octanol–water partition coefficient (Wildman–Crippen LogP) is 3.10. The minimum absolute atomic E-state index is 0.245. The summed E-state index contributed by atoms with van der Waals surface area (Å²) in [5.74, 6) is 3.69. The lowest BCUT2D eigenvalue weighted by Crippen LogP contribution is -2.42. The molecule has 0 bridgehead atoms. The Morgan fingerprint density at radius 3 is 2.59 bits per heavy atom. The molecule has 1 aromatic heterocycles. The summed E-state index contributed by atoms with van der Waals surface area (Å²) in [6.45, 7) is 3.57. The standard InChI is InChI=1S/C20H24ClN3O3/c1-12-22-9-15(21)20(23-12)24-10-13-7-16(25)19(8-14(13)11-24)27-18-6-4-3-5-17(18)26-2/h3-6,9,13-14,16,19,25H,7-8,10-11H2,1-2H3/t13-,14+,16+,19+/m0/s1. The van der Waals surface area contributed by atoms with E-state index in [0.717, 1.165) is 25.3 Å². The number of aryl methyl sites for hydroxylation is 1. The molecule has 1 saturated heterocycles. The van der Waals surface area contributed by atoms with Crippen molar-refractivity contribution >= 4 is 17.4 Å². The van der Waals surface area contributed by atoms with Crippen molar-refractivity contribution in [1.82, 2.24) is 9.97 Å². The Balaban J connectivity index is 1.48. The quantitative estimate of drug-likeness (QED) is 0.866. The second kappa shape index (κ2) is 7.52. The number of aliphatic hydroxyl groups is 1. The Kier molecular flexibility index (Phi) is 5.10. The summed E-state index contributed by atoms with van der Waals surface area (Å²) in [4.78, 5) is 10.9. The summed E-state index contributed by atoms with van der Waals surface area (Å²) >= 11 is 6.32. The second-order valence-corrected chi connectivity index (χ2v) is 7.77. The molecule has 2 heterocycles. The van der Waals surface area contributed by atoms with Gasteiger partial charge in [-0.1, -0.05) is 23.7 Å². The van der Waals surface area contributed by atoms with E-state index in [2.05, 4.69) is 14.9 Å². The van der Waals surface area contributed by atoms with Crippen molar-refractivity contribution in [2.45, 2.75) is 32.0 Å². The monoisotopic (exact) mass is 389 g/mol. The smallest absolute Gasteiger partial charge is 0.161 e. The summed E-state index contributed by atoms with van der Waals surface area (Å²) in [7, 11) is 1.62. The highest BCUT2D eigenvalue weighted by molar-refractivity contribution is 6.32. The molecule has 1 saturated carbocycles. The molecule has 2 aliphatic rings. The molecule has 0 radical (unpaired) electrons. The highest BCUT2D eigenvalue weighted by Crippen LogP contribution is 2.41. The third-order valence-corrected chi connectivity index (χ3v) is 5.84. The number of benzene rings is 1. The molecule has 1 aliphatic carbocycles. The van der Waals surface area contributed by atoms with Gasteiger partial charge < -0.3 is 19.5 Å². The van der Waals surface area contributed by atoms with Gasteiger partial charge in [-0.2, -0.15) is 0 Å². The van der Waals surface area contributed by atoms with Gasteiger partial charge in [0.2, 0.25) is 0 Å². The number of aliphatic hydroxyl groups excluding tert-OH is 1. The minimum atomic E-state index is -0.501. The van der Waals surface area contributed by atoms with Crippen molar-refractivity contribution in [3.63, 3.8) is 0 Å². The highest BCUT2D eigenvalue weighted by atomic mass is 35.5. The average Bonchev–Trinajstić information content (AvgIpc) is 3.07. The number of rotatable bonds is 4. The van der Waals surface area contributed by atoms with Crippen LogP contribution in [-0.2, 0) is 0 Å². The van der Waals surface area contributed by atoms with Crippen LogP contribution >= 0.6 is 11.6 Å². The number of halogens is 1. The van der Waals surface area contributed by atoms with Gasteiger partial charge in [-0.15, -0.1) is 0 Å². The molecule has 1 aromatic carbocycles. The van der Waals surface area contributed by atoms with Crippen molar-refractivity contribution in [3.05, 3.63) is 41.3 Å². The largest absolute Gasteiger partial charge is 0.493 e. The third-order valence-electron chi connectivity index (χ3n) is 5.58. The Bertz CT molecular complexity index is 819. The molecule has 0 amide bonds. The van der Waals surface area contributed by atoms with Crippen LogP contribution in [0.5, 0.6) is 11.5 Å². The van der Waals surface area contributed by atoms with Gasteiger partial charge in [0.1, 0.15) is 17.0 Å². The van der Waals surface area contributed by atoms with Crippen molar-refractivity contribution in [3.8, 4) is 11.5 Å². The van der Waals surface area contributed by atoms with E-state index < -0.39 is 6.10 Å². The lowest BCUT2D eigenvalue weighted by atomic mass is 9.78. The number of anilines is 1. The van der Waals surface area contributed by atoms with Crippen LogP contribution < -0.4 is 14.4 Å². The Morgan fingerprint density at radius 1 is 1.15 bits per heavy atom. The first-order chi connectivity index (χ1) is 13.0. The zero-order chi connectivity index (χ0) is 19.0. The normalized spacial score (nSPS) is 27.3. The lowest BCUT2D eigenvalue weighted by molar-refractivity contribution is -0.0240. The first-order valence-electron chi connectivity index (χ1n) is 9.27. The summed E-state index contributed by atoms with van der Waals surface area (Å²) in [5, 5.41) is 11.2. The van der Waals surface area contributed by atoms with E-state index in [9.17, 15) is 5.11 Å². The highest BCUT2D eigenvalue weighted by Gasteiger charge is 2.43. The van der Waals surface area contributed by atoms with Crippen molar-refractivity contribution in [2.75, 3.05) is 25.1 Å². The van der Waals surface area contributed by atoms with E-state index in [0.29, 0.717) is 40.6 Å². The van der Waals surface area contributed by atoms with Crippen LogP contribution in [0.2, 0.25) is 5.02 Å². The molecule has 4 atom stereocenters. The summed E-state index contributed by atoms with van der Waals surface area (Å²) in [6.07, 6.45) is 2.41. The maximum atomic E-state index is 10.7. The molecule has 1 N–H and O–H groups in total. The zero-order valence-corrected chi connectivity index (χ0v) is 16.3. The van der Waals surface area contributed by atoms with Crippen molar-refractivity contribution in [2.24, 2.45) is 11.8 Å². The van der Waals surface area contributed by atoms with Crippen LogP contribution in [0.1, 0.15) is 18.7 Å². The van der Waals surface area contributed by atoms with Crippen LogP contribution in [0.3, 0.4) is 0 Å². The Hall–Kier alpha value is -2.05. The molecule has 2 fully saturated rings. The molecule has 27 heavy (non-hydrogen) atoms. The molecule has 4 rings (SSSR count). The van der Waals surface area contributed by atoms with Gasteiger partial charge in [-0.05, 0) is 43.7 Å². The van der Waals surface area contributed by atoms with Gasteiger partial charge in [-0.3, -0.25) is 0 Å². The van der Waals surface area contributed by atoms with E-state index in [-0.39, 0.29) is 6.10 Å². The van der Waals surface area contributed by atoms with Gasteiger partial charge in [0, 0.05) is 13.1 Å². The van der Waals surface area contributed by atoms with Crippen molar-refractivity contribution < 1.29 is 14.6 Å². The maximum absolute atomic E-state index is 10.7. The average molecular weight is 390 g/mol. The molecule has 0 spiro atoms. The number of hydrogen-bond acceptors (Lipinski definition) is 6. The number of para-hydroxylation sites is 2. The van der Waals surface area contributed by atoms with E-state index >= 15 is 0 Å². The summed E-state index contributed by atoms with van der Waals surface area (Å²) in [5.41, 5.74) is 0. The van der Waals surface area contributed by atoms with Crippen LogP contribution in [0.15, 0.2) is 30.5 Å². The lowest BCUT2D eigenvalue weighted by Gasteiger charge is -2.35.